The fourth-order valence-electron chi connectivity index (χ4n) is 3.95. The van der Waals surface area contributed by atoms with Crippen molar-refractivity contribution >= 4 is 23.2 Å². The standard InChI is InChI=1S/C22H28N4O2S/c27-21(25-12-14-26(15-13-25)22(28)20-7-4-16-29-20)18-24-10-8-23(9-11-24)17-19-5-2-1-3-6-19/h1-7,16H,8-15,17-18H2. The van der Waals surface area contributed by atoms with Gasteiger partial charge in [0.2, 0.25) is 5.91 Å². The summed E-state index contributed by atoms with van der Waals surface area (Å²) >= 11 is 1.47. The third kappa shape index (κ3) is 5.23. The topological polar surface area (TPSA) is 47.1 Å². The predicted octanol–water partition coefficient (Wildman–Crippen LogP) is 1.85. The van der Waals surface area contributed by atoms with E-state index < -0.39 is 0 Å². The van der Waals surface area contributed by atoms with E-state index in [9.17, 15) is 9.59 Å². The summed E-state index contributed by atoms with van der Waals surface area (Å²) in [4.78, 5) is 34.4. The zero-order valence-corrected chi connectivity index (χ0v) is 17.5. The van der Waals surface area contributed by atoms with Gasteiger partial charge in [0.25, 0.3) is 5.91 Å². The Morgan fingerprint density at radius 1 is 0.759 bits per heavy atom. The third-order valence-electron chi connectivity index (χ3n) is 5.72. The zero-order valence-electron chi connectivity index (χ0n) is 16.7. The number of nitrogens with zero attached hydrogens (tertiary/aromatic N) is 4. The van der Waals surface area contributed by atoms with Gasteiger partial charge in [0.05, 0.1) is 11.4 Å². The Kier molecular flexibility index (Phi) is 6.59. The van der Waals surface area contributed by atoms with Crippen LogP contribution in [-0.4, -0.2) is 90.3 Å². The van der Waals surface area contributed by atoms with Crippen molar-refractivity contribution in [1.29, 1.82) is 0 Å². The molecule has 29 heavy (non-hydrogen) atoms. The van der Waals surface area contributed by atoms with E-state index in [4.69, 9.17) is 0 Å². The van der Waals surface area contributed by atoms with Crippen molar-refractivity contribution in [3.05, 3.63) is 58.3 Å². The fraction of sp³-hybridized carbons (Fsp3) is 0.455. The molecule has 2 saturated heterocycles. The van der Waals surface area contributed by atoms with Gasteiger partial charge in [-0.1, -0.05) is 36.4 Å². The highest BCUT2D eigenvalue weighted by molar-refractivity contribution is 7.12. The lowest BCUT2D eigenvalue weighted by molar-refractivity contribution is -0.134. The normalized spacial score (nSPS) is 18.8. The number of piperazine rings is 2. The molecule has 0 atom stereocenters. The number of amides is 2. The molecule has 154 valence electrons. The minimum atomic E-state index is 0.0848. The van der Waals surface area contributed by atoms with Gasteiger partial charge in [-0.05, 0) is 17.0 Å². The highest BCUT2D eigenvalue weighted by Crippen LogP contribution is 2.14. The molecule has 2 aromatic rings. The molecule has 0 unspecified atom stereocenters. The summed E-state index contributed by atoms with van der Waals surface area (Å²) in [5.74, 6) is 0.270. The van der Waals surface area contributed by atoms with Crippen molar-refractivity contribution in [2.45, 2.75) is 6.54 Å². The van der Waals surface area contributed by atoms with E-state index in [1.165, 1.54) is 16.9 Å². The SMILES string of the molecule is O=C(CN1CCN(Cc2ccccc2)CC1)N1CCN(C(=O)c2cccs2)CC1. The maximum Gasteiger partial charge on any atom is 0.264 e. The molecular formula is C22H28N4O2S. The van der Waals surface area contributed by atoms with Crippen LogP contribution < -0.4 is 0 Å². The van der Waals surface area contributed by atoms with Crippen molar-refractivity contribution in [3.63, 3.8) is 0 Å². The highest BCUT2D eigenvalue weighted by atomic mass is 32.1. The number of hydrogen-bond donors (Lipinski definition) is 0. The Balaban J connectivity index is 1.18. The lowest BCUT2D eigenvalue weighted by atomic mass is 10.2. The average molecular weight is 413 g/mol. The van der Waals surface area contributed by atoms with Gasteiger partial charge >= 0.3 is 0 Å². The first kappa shape index (κ1) is 20.1. The van der Waals surface area contributed by atoms with Gasteiger partial charge in [-0.25, -0.2) is 0 Å². The number of rotatable bonds is 5. The molecule has 2 fully saturated rings. The van der Waals surface area contributed by atoms with E-state index in [2.05, 4.69) is 34.1 Å². The molecule has 7 heteroatoms. The molecule has 0 radical (unpaired) electrons. The molecule has 0 spiro atoms. The van der Waals surface area contributed by atoms with Gasteiger partial charge in [-0.3, -0.25) is 19.4 Å². The molecule has 2 aliphatic rings. The van der Waals surface area contributed by atoms with Crippen LogP contribution in [0.2, 0.25) is 0 Å². The maximum atomic E-state index is 12.7. The van der Waals surface area contributed by atoms with Crippen LogP contribution in [0.5, 0.6) is 0 Å². The van der Waals surface area contributed by atoms with Crippen LogP contribution in [0.1, 0.15) is 15.2 Å². The molecular weight excluding hydrogens is 384 g/mol. The minimum Gasteiger partial charge on any atom is -0.338 e. The molecule has 2 aliphatic heterocycles. The van der Waals surface area contributed by atoms with Crippen LogP contribution in [0.15, 0.2) is 47.8 Å². The lowest BCUT2D eigenvalue weighted by Gasteiger charge is -2.38. The first-order chi connectivity index (χ1) is 14.2. The third-order valence-corrected chi connectivity index (χ3v) is 6.58. The minimum absolute atomic E-state index is 0.0848. The van der Waals surface area contributed by atoms with E-state index in [1.807, 2.05) is 33.4 Å². The number of carbonyl (C=O) groups is 2. The highest BCUT2D eigenvalue weighted by Gasteiger charge is 2.27. The van der Waals surface area contributed by atoms with Gasteiger partial charge in [0, 0.05) is 58.9 Å². The van der Waals surface area contributed by atoms with Crippen LogP contribution in [-0.2, 0) is 11.3 Å². The maximum absolute atomic E-state index is 12.7. The van der Waals surface area contributed by atoms with Gasteiger partial charge in [0.1, 0.15) is 0 Å². The van der Waals surface area contributed by atoms with Gasteiger partial charge < -0.3 is 9.80 Å². The van der Waals surface area contributed by atoms with Gasteiger partial charge in [-0.15, -0.1) is 11.3 Å². The summed E-state index contributed by atoms with van der Waals surface area (Å²) < 4.78 is 0. The molecule has 0 saturated carbocycles. The molecule has 0 aliphatic carbocycles. The average Bonchev–Trinajstić information content (AvgIpc) is 3.30. The van der Waals surface area contributed by atoms with Crippen molar-refractivity contribution < 1.29 is 9.59 Å². The first-order valence-corrected chi connectivity index (χ1v) is 11.2. The lowest BCUT2D eigenvalue weighted by Crippen LogP contribution is -2.54. The Bertz CT molecular complexity index is 795. The number of thiophene rings is 1. The van der Waals surface area contributed by atoms with Gasteiger partial charge in [-0.2, -0.15) is 0 Å². The molecule has 1 aromatic heterocycles. The summed E-state index contributed by atoms with van der Waals surface area (Å²) in [6.07, 6.45) is 0. The summed E-state index contributed by atoms with van der Waals surface area (Å²) in [6.45, 7) is 7.79. The predicted molar refractivity (Wildman–Crippen MR) is 115 cm³/mol. The molecule has 0 bridgehead atoms. The summed E-state index contributed by atoms with van der Waals surface area (Å²) in [5.41, 5.74) is 1.34. The second kappa shape index (κ2) is 9.52. The van der Waals surface area contributed by atoms with Crippen molar-refractivity contribution in [1.82, 2.24) is 19.6 Å². The second-order valence-corrected chi connectivity index (χ2v) is 8.64. The van der Waals surface area contributed by atoms with E-state index in [0.29, 0.717) is 32.7 Å². The number of carbonyl (C=O) groups excluding carboxylic acids is 2. The van der Waals surface area contributed by atoms with E-state index >= 15 is 0 Å². The quantitative estimate of drug-likeness (QED) is 0.752. The van der Waals surface area contributed by atoms with Crippen LogP contribution >= 0.6 is 11.3 Å². The van der Waals surface area contributed by atoms with Crippen LogP contribution in [0.4, 0.5) is 0 Å². The number of hydrogen-bond acceptors (Lipinski definition) is 5. The summed E-state index contributed by atoms with van der Waals surface area (Å²) in [6, 6.07) is 14.3. The first-order valence-electron chi connectivity index (χ1n) is 10.3. The van der Waals surface area contributed by atoms with E-state index in [-0.39, 0.29) is 11.8 Å². The largest absolute Gasteiger partial charge is 0.338 e. The molecule has 1 aromatic carbocycles. The molecule has 0 N–H and O–H groups in total. The van der Waals surface area contributed by atoms with Crippen molar-refractivity contribution in [3.8, 4) is 0 Å². The van der Waals surface area contributed by atoms with Crippen molar-refractivity contribution in [2.75, 3.05) is 58.9 Å². The smallest absolute Gasteiger partial charge is 0.264 e. The Morgan fingerprint density at radius 3 is 2.07 bits per heavy atom. The summed E-state index contributed by atoms with van der Waals surface area (Å²) in [7, 11) is 0. The molecule has 2 amide bonds. The molecule has 3 heterocycles. The summed E-state index contributed by atoms with van der Waals surface area (Å²) in [5, 5.41) is 1.92. The van der Waals surface area contributed by atoms with Crippen LogP contribution in [0, 0.1) is 0 Å². The Labute approximate surface area is 176 Å². The monoisotopic (exact) mass is 412 g/mol. The van der Waals surface area contributed by atoms with E-state index in [0.717, 1.165) is 37.6 Å². The fourth-order valence-corrected chi connectivity index (χ4v) is 4.64. The second-order valence-electron chi connectivity index (χ2n) is 7.69. The zero-order chi connectivity index (χ0) is 20.1. The van der Waals surface area contributed by atoms with Crippen LogP contribution in [0.3, 0.4) is 0 Å². The van der Waals surface area contributed by atoms with Gasteiger partial charge in [0.15, 0.2) is 0 Å². The van der Waals surface area contributed by atoms with E-state index in [1.54, 1.807) is 0 Å². The Morgan fingerprint density at radius 2 is 1.41 bits per heavy atom. The van der Waals surface area contributed by atoms with Crippen molar-refractivity contribution in [2.24, 2.45) is 0 Å². The molecule has 4 rings (SSSR count). The number of benzene rings is 1. The molecule has 6 nitrogen and oxygen atoms in total. The van der Waals surface area contributed by atoms with Crippen LogP contribution in [0.25, 0.3) is 0 Å². The Hall–Kier alpha value is -2.22.